The highest BCUT2D eigenvalue weighted by Gasteiger charge is 2.53. The Labute approximate surface area is 206 Å². The second-order valence-electron chi connectivity index (χ2n) is 8.81. The standard InChI is InChI=1S/C25H30N4O4.ClH/c1-4-16(2)22(30)27-21-17(3)28-12-8-11-19-13-20(29(23(19)28)24(21)31)14-26-25(32)33-15-18-9-6-5-7-10-18;/h5-12,16-17,20-21H,4,13-15H2,1-3H3,(H-,26,27,30,32);1H/p+1/t16-,17?,20+,21+;/m1./s1. The third-order valence-corrected chi connectivity index (χ3v) is 6.60. The molecule has 9 heteroatoms. The van der Waals surface area contributed by atoms with Gasteiger partial charge in [-0.25, -0.2) is 14.2 Å². The van der Waals surface area contributed by atoms with Crippen LogP contribution >= 0.6 is 12.4 Å². The van der Waals surface area contributed by atoms with Crippen molar-refractivity contribution in [3.8, 4) is 0 Å². The SMILES string of the molecule is CC[C@@H](C)C(=O)N[C@@H]1C(=O)N2c3c(ccc[n+]3C1C)C[C@H]2CNC(=O)OCc1ccccc1.Cl. The largest absolute Gasteiger partial charge is 0.445 e. The van der Waals surface area contributed by atoms with E-state index in [-0.39, 0.29) is 55.4 Å². The van der Waals surface area contributed by atoms with Crippen LogP contribution in [0.2, 0.25) is 0 Å². The van der Waals surface area contributed by atoms with Gasteiger partial charge in [-0.05, 0) is 31.0 Å². The molecule has 0 saturated carbocycles. The van der Waals surface area contributed by atoms with Crippen molar-refractivity contribution in [1.29, 1.82) is 0 Å². The number of rotatable bonds is 7. The summed E-state index contributed by atoms with van der Waals surface area (Å²) in [5, 5.41) is 5.76. The van der Waals surface area contributed by atoms with Gasteiger partial charge in [0.1, 0.15) is 18.7 Å². The van der Waals surface area contributed by atoms with E-state index in [2.05, 4.69) is 10.6 Å². The number of halogens is 1. The number of alkyl carbamates (subject to hydrolysis) is 1. The van der Waals surface area contributed by atoms with Gasteiger partial charge in [0.2, 0.25) is 5.91 Å². The first kappa shape index (κ1) is 25.5. The number of carbonyl (C=O) groups excluding carboxylic acids is 3. The minimum atomic E-state index is -0.662. The Balaban J connectivity index is 0.00000324. The molecule has 0 fully saturated rings. The number of benzene rings is 1. The Bertz CT molecular complexity index is 1050. The average molecular weight is 488 g/mol. The van der Waals surface area contributed by atoms with Crippen molar-refractivity contribution in [2.45, 2.75) is 58.3 Å². The second kappa shape index (κ2) is 10.9. The predicted octanol–water partition coefficient (Wildman–Crippen LogP) is 2.69. The zero-order valence-corrected chi connectivity index (χ0v) is 20.5. The van der Waals surface area contributed by atoms with E-state index >= 15 is 0 Å². The van der Waals surface area contributed by atoms with Crippen molar-refractivity contribution in [3.63, 3.8) is 0 Å². The molecule has 34 heavy (non-hydrogen) atoms. The summed E-state index contributed by atoms with van der Waals surface area (Å²) in [4.78, 5) is 40.1. The van der Waals surface area contributed by atoms with Gasteiger partial charge in [0.05, 0.1) is 12.7 Å². The second-order valence-corrected chi connectivity index (χ2v) is 8.81. The smallest absolute Gasteiger partial charge is 0.407 e. The number of pyridine rings is 1. The van der Waals surface area contributed by atoms with Gasteiger partial charge < -0.3 is 15.4 Å². The van der Waals surface area contributed by atoms with E-state index in [1.807, 2.05) is 74.0 Å². The summed E-state index contributed by atoms with van der Waals surface area (Å²) in [6.45, 7) is 6.20. The van der Waals surface area contributed by atoms with Crippen LogP contribution < -0.4 is 20.1 Å². The number of hydrogen-bond donors (Lipinski definition) is 2. The maximum absolute atomic E-state index is 13.5. The number of hydrogen-bond acceptors (Lipinski definition) is 4. The van der Waals surface area contributed by atoms with E-state index in [1.165, 1.54) is 0 Å². The highest BCUT2D eigenvalue weighted by atomic mass is 35.5. The van der Waals surface area contributed by atoms with Crippen molar-refractivity contribution >= 4 is 36.1 Å². The van der Waals surface area contributed by atoms with Crippen molar-refractivity contribution < 1.29 is 23.7 Å². The van der Waals surface area contributed by atoms with Crippen LogP contribution in [-0.4, -0.2) is 36.5 Å². The van der Waals surface area contributed by atoms with Gasteiger partial charge in [-0.3, -0.25) is 4.79 Å². The number of nitrogens with one attached hydrogen (secondary N) is 2. The summed E-state index contributed by atoms with van der Waals surface area (Å²) >= 11 is 0. The summed E-state index contributed by atoms with van der Waals surface area (Å²) in [5.74, 6) is 0.404. The van der Waals surface area contributed by atoms with Crippen LogP contribution in [0.15, 0.2) is 48.7 Å². The van der Waals surface area contributed by atoms with Crippen molar-refractivity contribution in [2.75, 3.05) is 11.4 Å². The molecule has 1 aromatic carbocycles. The number of anilines is 1. The lowest BCUT2D eigenvalue weighted by Crippen LogP contribution is -2.66. The molecule has 2 aromatic rings. The fourth-order valence-corrected chi connectivity index (χ4v) is 4.45. The predicted molar refractivity (Wildman–Crippen MR) is 130 cm³/mol. The summed E-state index contributed by atoms with van der Waals surface area (Å²) < 4.78 is 7.36. The van der Waals surface area contributed by atoms with Gasteiger partial charge in [0.25, 0.3) is 5.82 Å². The fraction of sp³-hybridized carbons (Fsp3) is 0.440. The lowest BCUT2D eigenvalue weighted by atomic mass is 10.0. The Morgan fingerprint density at radius 2 is 1.94 bits per heavy atom. The number of carbonyl (C=O) groups is 3. The molecule has 3 amide bonds. The molecule has 1 aromatic heterocycles. The maximum Gasteiger partial charge on any atom is 0.407 e. The molecule has 2 aliphatic heterocycles. The summed E-state index contributed by atoms with van der Waals surface area (Å²) in [6, 6.07) is 12.3. The van der Waals surface area contributed by atoms with E-state index in [0.717, 1.165) is 16.9 Å². The Morgan fingerprint density at radius 3 is 2.65 bits per heavy atom. The van der Waals surface area contributed by atoms with E-state index in [1.54, 1.807) is 4.90 Å². The van der Waals surface area contributed by atoms with Gasteiger partial charge >= 0.3 is 12.0 Å². The Kier molecular flexibility index (Phi) is 8.15. The van der Waals surface area contributed by atoms with Crippen LogP contribution in [-0.2, 0) is 27.4 Å². The molecule has 0 spiro atoms. The van der Waals surface area contributed by atoms with Crippen molar-refractivity contribution in [3.05, 3.63) is 59.8 Å². The molecule has 182 valence electrons. The number of amides is 3. The molecule has 4 atom stereocenters. The van der Waals surface area contributed by atoms with Gasteiger partial charge in [0, 0.05) is 17.9 Å². The minimum absolute atomic E-state index is 0. The van der Waals surface area contributed by atoms with Gasteiger partial charge in [-0.2, -0.15) is 4.90 Å². The van der Waals surface area contributed by atoms with E-state index in [4.69, 9.17) is 4.74 Å². The van der Waals surface area contributed by atoms with Crippen LogP contribution in [0.1, 0.15) is 44.4 Å². The normalized spacial score (nSPS) is 21.2. The third kappa shape index (κ3) is 5.01. The molecule has 8 nitrogen and oxygen atoms in total. The lowest BCUT2D eigenvalue weighted by Gasteiger charge is -2.33. The molecule has 2 aliphatic rings. The third-order valence-electron chi connectivity index (χ3n) is 6.60. The molecule has 4 rings (SSSR count). The van der Waals surface area contributed by atoms with Crippen LogP contribution in [0.5, 0.6) is 0 Å². The fourth-order valence-electron chi connectivity index (χ4n) is 4.45. The minimum Gasteiger partial charge on any atom is -0.445 e. The molecular formula is C25H32ClN4O4+. The maximum atomic E-state index is 13.5. The quantitative estimate of drug-likeness (QED) is 0.587. The van der Waals surface area contributed by atoms with Crippen molar-refractivity contribution in [1.82, 2.24) is 10.6 Å². The average Bonchev–Trinajstić information content (AvgIpc) is 3.21. The zero-order valence-electron chi connectivity index (χ0n) is 19.7. The van der Waals surface area contributed by atoms with Crippen molar-refractivity contribution in [2.24, 2.45) is 5.92 Å². The van der Waals surface area contributed by atoms with Crippen LogP contribution in [0, 0.1) is 5.92 Å². The molecule has 3 heterocycles. The van der Waals surface area contributed by atoms with Gasteiger partial charge in [0.15, 0.2) is 6.04 Å². The molecule has 0 saturated heterocycles. The number of nitrogens with zero attached hydrogens (tertiary/aromatic N) is 2. The highest BCUT2D eigenvalue weighted by molar-refractivity contribution is 6.01. The summed E-state index contributed by atoms with van der Waals surface area (Å²) in [5.41, 5.74) is 1.95. The van der Waals surface area contributed by atoms with Gasteiger partial charge in [-0.15, -0.1) is 12.4 Å². The molecule has 0 bridgehead atoms. The first-order valence-corrected chi connectivity index (χ1v) is 11.5. The van der Waals surface area contributed by atoms with Crippen LogP contribution in [0.25, 0.3) is 0 Å². The molecule has 1 unspecified atom stereocenters. The lowest BCUT2D eigenvalue weighted by molar-refractivity contribution is -0.711. The Morgan fingerprint density at radius 1 is 1.21 bits per heavy atom. The zero-order chi connectivity index (χ0) is 23.5. The first-order chi connectivity index (χ1) is 15.9. The topological polar surface area (TPSA) is 91.6 Å². The molecule has 0 aliphatic carbocycles. The van der Waals surface area contributed by atoms with Crippen LogP contribution in [0.4, 0.5) is 10.6 Å². The van der Waals surface area contributed by atoms with Gasteiger partial charge in [-0.1, -0.05) is 44.2 Å². The molecule has 2 N–H and O–H groups in total. The molecular weight excluding hydrogens is 456 g/mol. The highest BCUT2D eigenvalue weighted by Crippen LogP contribution is 2.34. The van der Waals surface area contributed by atoms with E-state index in [9.17, 15) is 14.4 Å². The first-order valence-electron chi connectivity index (χ1n) is 11.5. The monoisotopic (exact) mass is 487 g/mol. The van der Waals surface area contributed by atoms with E-state index < -0.39 is 12.1 Å². The number of aromatic nitrogens is 1. The number of ether oxygens (including phenoxy) is 1. The van der Waals surface area contributed by atoms with E-state index in [0.29, 0.717) is 12.8 Å². The summed E-state index contributed by atoms with van der Waals surface area (Å²) in [6.07, 6.45) is 2.74. The summed E-state index contributed by atoms with van der Waals surface area (Å²) in [7, 11) is 0. The van der Waals surface area contributed by atoms with Crippen LogP contribution in [0.3, 0.4) is 0 Å². The molecule has 0 radical (unpaired) electrons. The Hall–Kier alpha value is -3.13.